The Morgan fingerprint density at radius 3 is 2.77 bits per heavy atom. The molecule has 8 heteroatoms. The predicted octanol–water partition coefficient (Wildman–Crippen LogP) is 4.00. The van der Waals surface area contributed by atoms with E-state index in [4.69, 9.17) is 4.99 Å². The van der Waals surface area contributed by atoms with Crippen molar-refractivity contribution in [2.75, 3.05) is 20.1 Å². The van der Waals surface area contributed by atoms with E-state index in [-0.39, 0.29) is 24.0 Å². The van der Waals surface area contributed by atoms with Crippen LogP contribution in [0.4, 0.5) is 0 Å². The molecule has 2 aromatic heterocycles. The van der Waals surface area contributed by atoms with Crippen LogP contribution in [0.3, 0.4) is 0 Å². The van der Waals surface area contributed by atoms with Crippen molar-refractivity contribution in [3.8, 4) is 0 Å². The number of aromatic nitrogens is 4. The number of hydrogen-bond acceptors (Lipinski definition) is 3. The third-order valence-electron chi connectivity index (χ3n) is 4.93. The number of fused-ring (bicyclic) bond motifs is 1. The molecule has 164 valence electrons. The Bertz CT molecular complexity index is 957. The lowest BCUT2D eigenvalue weighted by atomic mass is 10.1. The standard InChI is InChI=1S/C22H33N7.HI/c1-6-23-22(27(4)14-18-15-28(5)26-21(18)17(2)3)24-12-9-13-29-16-25-19-10-7-8-11-20(19)29;/h7-8,10-11,15-17H,6,9,12-14H2,1-5H3,(H,23,24);1H. The first-order valence-corrected chi connectivity index (χ1v) is 10.4. The molecule has 0 fully saturated rings. The van der Waals surface area contributed by atoms with Crippen LogP contribution in [0.25, 0.3) is 11.0 Å². The van der Waals surface area contributed by atoms with Crippen LogP contribution >= 0.6 is 24.0 Å². The molecule has 0 aliphatic rings. The van der Waals surface area contributed by atoms with Crippen LogP contribution in [0.1, 0.15) is 44.4 Å². The Morgan fingerprint density at radius 2 is 2.03 bits per heavy atom. The number of aryl methyl sites for hydroxylation is 2. The van der Waals surface area contributed by atoms with E-state index in [1.807, 2.05) is 30.2 Å². The fourth-order valence-electron chi connectivity index (χ4n) is 3.58. The van der Waals surface area contributed by atoms with Gasteiger partial charge in [-0.2, -0.15) is 5.10 Å². The second-order valence-electron chi connectivity index (χ2n) is 7.74. The van der Waals surface area contributed by atoms with Gasteiger partial charge in [-0.25, -0.2) is 4.98 Å². The summed E-state index contributed by atoms with van der Waals surface area (Å²) in [6.07, 6.45) is 4.99. The van der Waals surface area contributed by atoms with Crippen molar-refractivity contribution < 1.29 is 0 Å². The van der Waals surface area contributed by atoms with Gasteiger partial charge >= 0.3 is 0 Å². The normalized spacial score (nSPS) is 11.7. The third-order valence-corrected chi connectivity index (χ3v) is 4.93. The molecule has 0 spiro atoms. The van der Waals surface area contributed by atoms with Crippen molar-refractivity contribution >= 4 is 41.0 Å². The number of benzene rings is 1. The summed E-state index contributed by atoms with van der Waals surface area (Å²) in [6, 6.07) is 8.24. The van der Waals surface area contributed by atoms with Crippen molar-refractivity contribution in [1.29, 1.82) is 0 Å². The molecule has 7 nitrogen and oxygen atoms in total. The van der Waals surface area contributed by atoms with Gasteiger partial charge in [0.1, 0.15) is 0 Å². The van der Waals surface area contributed by atoms with Crippen molar-refractivity contribution in [3.05, 3.63) is 48.0 Å². The summed E-state index contributed by atoms with van der Waals surface area (Å²) in [6.45, 7) is 9.79. The number of guanidine groups is 1. The molecule has 3 aromatic rings. The van der Waals surface area contributed by atoms with Gasteiger partial charge in [0.05, 0.1) is 23.1 Å². The van der Waals surface area contributed by atoms with Gasteiger partial charge in [-0.05, 0) is 31.4 Å². The van der Waals surface area contributed by atoms with Gasteiger partial charge in [-0.1, -0.05) is 26.0 Å². The van der Waals surface area contributed by atoms with Gasteiger partial charge in [-0.3, -0.25) is 9.67 Å². The van der Waals surface area contributed by atoms with Crippen LogP contribution in [0, 0.1) is 0 Å². The maximum absolute atomic E-state index is 4.84. The second-order valence-corrected chi connectivity index (χ2v) is 7.74. The van der Waals surface area contributed by atoms with Gasteiger partial charge in [0.15, 0.2) is 5.96 Å². The maximum atomic E-state index is 4.84. The Balaban J connectivity index is 0.00000320. The van der Waals surface area contributed by atoms with Crippen LogP contribution in [0.5, 0.6) is 0 Å². The van der Waals surface area contributed by atoms with Crippen LogP contribution in [0.2, 0.25) is 0 Å². The highest BCUT2D eigenvalue weighted by Gasteiger charge is 2.15. The van der Waals surface area contributed by atoms with Crippen molar-refractivity contribution in [2.24, 2.45) is 12.0 Å². The summed E-state index contributed by atoms with van der Waals surface area (Å²) in [5.74, 6) is 1.34. The number of halogens is 1. The van der Waals surface area contributed by atoms with Gasteiger partial charge < -0.3 is 14.8 Å². The van der Waals surface area contributed by atoms with Crippen molar-refractivity contribution in [3.63, 3.8) is 0 Å². The molecule has 0 unspecified atom stereocenters. The molecule has 1 N–H and O–H groups in total. The molecule has 30 heavy (non-hydrogen) atoms. The van der Waals surface area contributed by atoms with Gasteiger partial charge in [0, 0.05) is 52.0 Å². The van der Waals surface area contributed by atoms with E-state index in [0.717, 1.165) is 49.8 Å². The monoisotopic (exact) mass is 523 g/mol. The lowest BCUT2D eigenvalue weighted by Gasteiger charge is -2.22. The molecule has 0 aliphatic carbocycles. The third kappa shape index (κ3) is 5.96. The number of imidazole rings is 1. The summed E-state index contributed by atoms with van der Waals surface area (Å²) in [7, 11) is 4.07. The first-order valence-electron chi connectivity index (χ1n) is 10.4. The Labute approximate surface area is 196 Å². The second kappa shape index (κ2) is 11.3. The molecular formula is C22H34IN7. The molecule has 0 bridgehead atoms. The van der Waals surface area contributed by atoms with Crippen LogP contribution in [0.15, 0.2) is 41.8 Å². The van der Waals surface area contributed by atoms with E-state index in [9.17, 15) is 0 Å². The lowest BCUT2D eigenvalue weighted by molar-refractivity contribution is 0.472. The minimum absolute atomic E-state index is 0. The first kappa shape index (κ1) is 24.2. The smallest absolute Gasteiger partial charge is 0.193 e. The predicted molar refractivity (Wildman–Crippen MR) is 135 cm³/mol. The molecule has 2 heterocycles. The fourth-order valence-corrected chi connectivity index (χ4v) is 3.58. The fraction of sp³-hybridized carbons (Fsp3) is 0.500. The summed E-state index contributed by atoms with van der Waals surface area (Å²) in [5, 5.41) is 8.03. The maximum Gasteiger partial charge on any atom is 0.193 e. The summed E-state index contributed by atoms with van der Waals surface area (Å²) >= 11 is 0. The van der Waals surface area contributed by atoms with Crippen LogP contribution in [-0.4, -0.2) is 50.3 Å². The average Bonchev–Trinajstić information content (AvgIpc) is 3.27. The van der Waals surface area contributed by atoms with Crippen molar-refractivity contribution in [2.45, 2.75) is 46.2 Å². The number of nitrogens with zero attached hydrogens (tertiary/aromatic N) is 6. The molecule has 0 radical (unpaired) electrons. The minimum atomic E-state index is 0. The molecule has 3 rings (SSSR count). The van der Waals surface area contributed by atoms with Crippen molar-refractivity contribution in [1.82, 2.24) is 29.5 Å². The molecule has 0 atom stereocenters. The molecule has 0 aliphatic heterocycles. The van der Waals surface area contributed by atoms with E-state index in [0.29, 0.717) is 5.92 Å². The number of rotatable bonds is 8. The Hall–Kier alpha value is -2.10. The van der Waals surface area contributed by atoms with E-state index in [1.54, 1.807) is 0 Å². The zero-order valence-electron chi connectivity index (χ0n) is 18.7. The quantitative estimate of drug-likeness (QED) is 0.210. The highest BCUT2D eigenvalue weighted by atomic mass is 127. The van der Waals surface area contributed by atoms with E-state index < -0.39 is 0 Å². The number of nitrogens with one attached hydrogen (secondary N) is 1. The largest absolute Gasteiger partial charge is 0.357 e. The number of hydrogen-bond donors (Lipinski definition) is 1. The van der Waals surface area contributed by atoms with Crippen LogP contribution < -0.4 is 5.32 Å². The Morgan fingerprint density at radius 1 is 1.27 bits per heavy atom. The number of aliphatic imine (C=N–C) groups is 1. The zero-order valence-corrected chi connectivity index (χ0v) is 21.0. The Kier molecular flexibility index (Phi) is 9.13. The minimum Gasteiger partial charge on any atom is -0.357 e. The first-order chi connectivity index (χ1) is 14.0. The summed E-state index contributed by atoms with van der Waals surface area (Å²) in [4.78, 5) is 11.5. The molecule has 0 amide bonds. The lowest BCUT2D eigenvalue weighted by Crippen LogP contribution is -2.38. The van der Waals surface area contributed by atoms with E-state index in [1.165, 1.54) is 11.1 Å². The summed E-state index contributed by atoms with van der Waals surface area (Å²) in [5.41, 5.74) is 4.63. The van der Waals surface area contributed by atoms with Gasteiger partial charge in [-0.15, -0.1) is 24.0 Å². The molecule has 0 saturated heterocycles. The van der Waals surface area contributed by atoms with Gasteiger partial charge in [0.25, 0.3) is 0 Å². The molecule has 0 saturated carbocycles. The van der Waals surface area contributed by atoms with Crippen LogP contribution in [-0.2, 0) is 20.1 Å². The summed E-state index contributed by atoms with van der Waals surface area (Å²) < 4.78 is 4.10. The SMILES string of the molecule is CCNC(=NCCCn1cnc2ccccc21)N(C)Cc1cn(C)nc1C(C)C.I. The average molecular weight is 523 g/mol. The molecule has 1 aromatic carbocycles. The molecular weight excluding hydrogens is 489 g/mol. The highest BCUT2D eigenvalue weighted by molar-refractivity contribution is 14.0. The van der Waals surface area contributed by atoms with E-state index in [2.05, 4.69) is 71.0 Å². The van der Waals surface area contributed by atoms with E-state index >= 15 is 0 Å². The number of para-hydroxylation sites is 2. The van der Waals surface area contributed by atoms with Gasteiger partial charge in [0.2, 0.25) is 0 Å². The highest BCUT2D eigenvalue weighted by Crippen LogP contribution is 2.18. The topological polar surface area (TPSA) is 63.3 Å². The zero-order chi connectivity index (χ0) is 20.8.